The number of likely N-dealkylation sites (tertiary alicyclic amines) is 1. The number of aromatic nitrogens is 2. The van der Waals surface area contributed by atoms with Gasteiger partial charge in [-0.1, -0.05) is 42.5 Å². The number of thiazole rings is 1. The number of rotatable bonds is 5. The van der Waals surface area contributed by atoms with Gasteiger partial charge in [-0.2, -0.15) is 0 Å². The summed E-state index contributed by atoms with van der Waals surface area (Å²) >= 11 is 1.52. The molecule has 4 aromatic rings. The van der Waals surface area contributed by atoms with E-state index in [1.54, 1.807) is 10.5 Å². The van der Waals surface area contributed by atoms with E-state index in [1.165, 1.54) is 22.5 Å². The van der Waals surface area contributed by atoms with Crippen LogP contribution in [0, 0.1) is 13.8 Å². The van der Waals surface area contributed by atoms with Crippen molar-refractivity contribution in [3.63, 3.8) is 0 Å². The molecule has 0 aliphatic carbocycles. The molecule has 1 saturated heterocycles. The largest absolute Gasteiger partial charge is 0.490 e. The predicted molar refractivity (Wildman–Crippen MR) is 130 cm³/mol. The van der Waals surface area contributed by atoms with Crippen molar-refractivity contribution in [1.29, 1.82) is 0 Å². The summed E-state index contributed by atoms with van der Waals surface area (Å²) in [6.45, 7) is 6.81. The van der Waals surface area contributed by atoms with Crippen molar-refractivity contribution in [2.24, 2.45) is 0 Å². The summed E-state index contributed by atoms with van der Waals surface area (Å²) in [5.41, 5.74) is 5.24. The fraction of sp³-hybridized carbons (Fsp3) is 0.308. The molecule has 6 heteroatoms. The normalized spacial score (nSPS) is 15.3. The molecule has 2 aromatic heterocycles. The third kappa shape index (κ3) is 4.20. The zero-order chi connectivity index (χ0) is 22.1. The average Bonchev–Trinajstić information content (AvgIpc) is 3.23. The predicted octanol–water partition coefficient (Wildman–Crippen LogP) is 5.08. The van der Waals surface area contributed by atoms with Gasteiger partial charge < -0.3 is 4.74 Å². The van der Waals surface area contributed by atoms with Crippen LogP contribution in [0.1, 0.15) is 29.7 Å². The monoisotopic (exact) mass is 445 g/mol. The maximum absolute atomic E-state index is 12.9. The fourth-order valence-corrected chi connectivity index (χ4v) is 5.22. The molecule has 0 radical (unpaired) electrons. The van der Waals surface area contributed by atoms with Crippen molar-refractivity contribution in [2.75, 3.05) is 13.1 Å². The molecule has 0 saturated carbocycles. The molecule has 0 unspecified atom stereocenters. The van der Waals surface area contributed by atoms with E-state index in [0.29, 0.717) is 6.54 Å². The van der Waals surface area contributed by atoms with Gasteiger partial charge in [0, 0.05) is 31.1 Å². The first-order valence-corrected chi connectivity index (χ1v) is 12.0. The minimum Gasteiger partial charge on any atom is -0.490 e. The second-order valence-corrected chi connectivity index (χ2v) is 9.32. The molecule has 1 aliphatic rings. The number of hydrogen-bond donors (Lipinski definition) is 0. The standard InChI is InChI=1S/C26H27N3O2S/c1-18-7-6-10-24(19(18)2)31-22-11-13-28(14-12-22)16-21-15-25(30)29-23(17-32-26(29)27-21)20-8-4-3-5-9-20/h3-10,15,17,22H,11-14,16H2,1-2H3. The van der Waals surface area contributed by atoms with Crippen molar-refractivity contribution >= 4 is 16.3 Å². The van der Waals surface area contributed by atoms with Crippen LogP contribution >= 0.6 is 11.3 Å². The van der Waals surface area contributed by atoms with Crippen molar-refractivity contribution in [1.82, 2.24) is 14.3 Å². The zero-order valence-corrected chi connectivity index (χ0v) is 19.3. The van der Waals surface area contributed by atoms with E-state index in [9.17, 15) is 4.79 Å². The van der Waals surface area contributed by atoms with Crippen molar-refractivity contribution in [3.8, 4) is 17.0 Å². The molecule has 2 aromatic carbocycles. The molecule has 0 bridgehead atoms. The van der Waals surface area contributed by atoms with Gasteiger partial charge in [-0.05, 0) is 49.4 Å². The molecular weight excluding hydrogens is 418 g/mol. The van der Waals surface area contributed by atoms with Crippen LogP contribution < -0.4 is 10.3 Å². The smallest absolute Gasteiger partial charge is 0.259 e. The molecule has 3 heterocycles. The van der Waals surface area contributed by atoms with Crippen LogP contribution in [0.15, 0.2) is 64.8 Å². The minimum absolute atomic E-state index is 0.0155. The molecule has 5 nitrogen and oxygen atoms in total. The lowest BCUT2D eigenvalue weighted by Crippen LogP contribution is -2.38. The van der Waals surface area contributed by atoms with Gasteiger partial charge in [0.15, 0.2) is 4.96 Å². The maximum Gasteiger partial charge on any atom is 0.259 e. The molecule has 5 rings (SSSR count). The summed E-state index contributed by atoms with van der Waals surface area (Å²) in [6.07, 6.45) is 2.19. The Bertz CT molecular complexity index is 1290. The molecule has 0 amide bonds. The van der Waals surface area contributed by atoms with Gasteiger partial charge in [0.1, 0.15) is 11.9 Å². The molecule has 164 valence electrons. The van der Waals surface area contributed by atoms with E-state index >= 15 is 0 Å². The molecule has 1 fully saturated rings. The van der Waals surface area contributed by atoms with Gasteiger partial charge in [0.05, 0.1) is 11.4 Å². The highest BCUT2D eigenvalue weighted by Crippen LogP contribution is 2.26. The first-order chi connectivity index (χ1) is 15.6. The topological polar surface area (TPSA) is 46.8 Å². The Labute approximate surface area is 191 Å². The van der Waals surface area contributed by atoms with E-state index in [-0.39, 0.29) is 11.7 Å². The van der Waals surface area contributed by atoms with E-state index in [2.05, 4.69) is 36.9 Å². The van der Waals surface area contributed by atoms with Crippen molar-refractivity contribution in [3.05, 3.63) is 87.2 Å². The highest BCUT2D eigenvalue weighted by molar-refractivity contribution is 7.15. The van der Waals surface area contributed by atoms with Gasteiger partial charge in [0.2, 0.25) is 0 Å². The van der Waals surface area contributed by atoms with Gasteiger partial charge in [-0.25, -0.2) is 4.98 Å². The first kappa shape index (κ1) is 20.9. The molecule has 0 spiro atoms. The highest BCUT2D eigenvalue weighted by Gasteiger charge is 2.22. The quantitative estimate of drug-likeness (QED) is 0.430. The van der Waals surface area contributed by atoms with Crippen molar-refractivity contribution in [2.45, 2.75) is 39.3 Å². The lowest BCUT2D eigenvalue weighted by atomic mass is 10.1. The van der Waals surface area contributed by atoms with Crippen molar-refractivity contribution < 1.29 is 4.74 Å². The van der Waals surface area contributed by atoms with E-state index in [4.69, 9.17) is 9.72 Å². The number of aryl methyl sites for hydroxylation is 1. The Kier molecular flexibility index (Phi) is 5.81. The Balaban J connectivity index is 1.26. The molecule has 1 aliphatic heterocycles. The Morgan fingerprint density at radius 2 is 1.84 bits per heavy atom. The highest BCUT2D eigenvalue weighted by atomic mass is 32.1. The van der Waals surface area contributed by atoms with Gasteiger partial charge in [-0.15, -0.1) is 11.3 Å². The van der Waals surface area contributed by atoms with Gasteiger partial charge in [-0.3, -0.25) is 14.1 Å². The first-order valence-electron chi connectivity index (χ1n) is 11.1. The van der Waals surface area contributed by atoms with Crippen LogP contribution in [-0.4, -0.2) is 33.5 Å². The summed E-state index contributed by atoms with van der Waals surface area (Å²) in [5.74, 6) is 0.996. The van der Waals surface area contributed by atoms with Crippen LogP contribution in [0.3, 0.4) is 0 Å². The number of hydrogen-bond acceptors (Lipinski definition) is 5. The Morgan fingerprint density at radius 1 is 1.06 bits per heavy atom. The second-order valence-electron chi connectivity index (χ2n) is 8.48. The van der Waals surface area contributed by atoms with E-state index in [1.807, 2.05) is 35.7 Å². The summed E-state index contributed by atoms with van der Waals surface area (Å²) in [7, 11) is 0. The number of ether oxygens (including phenoxy) is 1. The Hall–Kier alpha value is -2.96. The summed E-state index contributed by atoms with van der Waals surface area (Å²) < 4.78 is 8.01. The lowest BCUT2D eigenvalue weighted by molar-refractivity contribution is 0.0955. The maximum atomic E-state index is 12.9. The number of nitrogens with zero attached hydrogens (tertiary/aromatic N) is 3. The lowest BCUT2D eigenvalue weighted by Gasteiger charge is -2.32. The van der Waals surface area contributed by atoms with E-state index < -0.39 is 0 Å². The Morgan fingerprint density at radius 3 is 2.62 bits per heavy atom. The SMILES string of the molecule is Cc1cccc(OC2CCN(Cc3cc(=O)n4c(-c5ccccc5)csc4n3)CC2)c1C. The molecule has 0 atom stereocenters. The number of benzene rings is 2. The number of piperidine rings is 1. The van der Waals surface area contributed by atoms with Crippen LogP contribution in [0.5, 0.6) is 5.75 Å². The summed E-state index contributed by atoms with van der Waals surface area (Å²) in [4.78, 5) is 20.8. The molecule has 0 N–H and O–H groups in total. The summed E-state index contributed by atoms with van der Waals surface area (Å²) in [5, 5.41) is 2.01. The zero-order valence-electron chi connectivity index (χ0n) is 18.5. The van der Waals surface area contributed by atoms with Crippen LogP contribution in [0.25, 0.3) is 16.2 Å². The van der Waals surface area contributed by atoms with Crippen LogP contribution in [0.4, 0.5) is 0 Å². The molecular formula is C26H27N3O2S. The van der Waals surface area contributed by atoms with Crippen LogP contribution in [-0.2, 0) is 6.54 Å². The van der Waals surface area contributed by atoms with Gasteiger partial charge >= 0.3 is 0 Å². The second kappa shape index (κ2) is 8.88. The van der Waals surface area contributed by atoms with Crippen LogP contribution in [0.2, 0.25) is 0 Å². The third-order valence-corrected chi connectivity index (χ3v) is 7.12. The van der Waals surface area contributed by atoms with Gasteiger partial charge in [0.25, 0.3) is 5.56 Å². The average molecular weight is 446 g/mol. The third-order valence-electron chi connectivity index (χ3n) is 6.30. The molecule has 32 heavy (non-hydrogen) atoms. The van der Waals surface area contributed by atoms with E-state index in [0.717, 1.165) is 53.6 Å². The summed E-state index contributed by atoms with van der Waals surface area (Å²) in [6, 6.07) is 17.9. The minimum atomic E-state index is -0.0155. The fourth-order valence-electron chi connectivity index (χ4n) is 4.30. The number of fused-ring (bicyclic) bond motifs is 1.